The third kappa shape index (κ3) is 3.90. The number of sulfone groups is 1. The quantitative estimate of drug-likeness (QED) is 0.688. The Balaban J connectivity index is 1.77. The second kappa shape index (κ2) is 7.31. The van der Waals surface area contributed by atoms with E-state index in [0.717, 1.165) is 0 Å². The van der Waals surface area contributed by atoms with Gasteiger partial charge in [0.25, 0.3) is 5.91 Å². The van der Waals surface area contributed by atoms with Crippen LogP contribution in [-0.4, -0.2) is 40.1 Å². The molecule has 9 nitrogen and oxygen atoms in total. The number of nitrogens with one attached hydrogen (secondary N) is 1. The maximum absolute atomic E-state index is 12.4. The van der Waals surface area contributed by atoms with Crippen molar-refractivity contribution >= 4 is 21.8 Å². The Bertz CT molecular complexity index is 1050. The first-order valence-corrected chi connectivity index (χ1v) is 9.98. The number of aromatic nitrogens is 4. The SMILES string of the molecule is CCS(=O)(=O)c1ccc(-c2nnc(NC(=O)c3ccnn3C(C)C)o2)cc1. The maximum Gasteiger partial charge on any atom is 0.322 e. The third-order valence-electron chi connectivity index (χ3n) is 3.88. The maximum atomic E-state index is 12.4. The Morgan fingerprint density at radius 1 is 1.19 bits per heavy atom. The molecule has 1 aromatic carbocycles. The Hall–Kier alpha value is -3.01. The van der Waals surface area contributed by atoms with Crippen LogP contribution < -0.4 is 5.32 Å². The van der Waals surface area contributed by atoms with Gasteiger partial charge in [-0.1, -0.05) is 12.0 Å². The molecule has 0 unspecified atom stereocenters. The minimum absolute atomic E-state index is 0.0239. The van der Waals surface area contributed by atoms with E-state index in [2.05, 4.69) is 20.6 Å². The molecule has 1 amide bonds. The van der Waals surface area contributed by atoms with Crippen LogP contribution in [0.2, 0.25) is 0 Å². The summed E-state index contributed by atoms with van der Waals surface area (Å²) in [6.07, 6.45) is 1.54. The van der Waals surface area contributed by atoms with Crippen molar-refractivity contribution in [1.29, 1.82) is 0 Å². The highest BCUT2D eigenvalue weighted by Crippen LogP contribution is 2.22. The van der Waals surface area contributed by atoms with Crippen molar-refractivity contribution in [1.82, 2.24) is 20.0 Å². The Labute approximate surface area is 156 Å². The van der Waals surface area contributed by atoms with E-state index >= 15 is 0 Å². The molecule has 0 saturated carbocycles. The predicted molar refractivity (Wildman–Crippen MR) is 98.0 cm³/mol. The topological polar surface area (TPSA) is 120 Å². The van der Waals surface area contributed by atoms with E-state index < -0.39 is 15.7 Å². The second-order valence-electron chi connectivity index (χ2n) is 6.05. The van der Waals surface area contributed by atoms with Gasteiger partial charge in [-0.15, -0.1) is 5.10 Å². The van der Waals surface area contributed by atoms with Gasteiger partial charge in [0.05, 0.1) is 10.6 Å². The number of hydrogen-bond donors (Lipinski definition) is 1. The van der Waals surface area contributed by atoms with Crippen LogP contribution in [0.5, 0.6) is 0 Å². The van der Waals surface area contributed by atoms with E-state index in [1.807, 2.05) is 13.8 Å². The molecule has 0 aliphatic carbocycles. The largest absolute Gasteiger partial charge is 0.403 e. The molecule has 0 saturated heterocycles. The lowest BCUT2D eigenvalue weighted by atomic mass is 10.2. The monoisotopic (exact) mass is 389 g/mol. The van der Waals surface area contributed by atoms with E-state index in [4.69, 9.17) is 4.42 Å². The summed E-state index contributed by atoms with van der Waals surface area (Å²) in [6.45, 7) is 5.41. The normalized spacial score (nSPS) is 11.7. The average Bonchev–Trinajstić information content (AvgIpc) is 3.31. The summed E-state index contributed by atoms with van der Waals surface area (Å²) in [5, 5.41) is 14.3. The van der Waals surface area contributed by atoms with Gasteiger partial charge in [0.2, 0.25) is 5.89 Å². The lowest BCUT2D eigenvalue weighted by Crippen LogP contribution is -2.19. The minimum atomic E-state index is -3.28. The fraction of sp³-hybridized carbons (Fsp3) is 0.294. The summed E-state index contributed by atoms with van der Waals surface area (Å²) in [6, 6.07) is 7.69. The Morgan fingerprint density at radius 3 is 2.52 bits per heavy atom. The van der Waals surface area contributed by atoms with Gasteiger partial charge in [0.15, 0.2) is 9.84 Å². The van der Waals surface area contributed by atoms with E-state index in [9.17, 15) is 13.2 Å². The lowest BCUT2D eigenvalue weighted by Gasteiger charge is -2.09. The number of hydrogen-bond acceptors (Lipinski definition) is 7. The third-order valence-corrected chi connectivity index (χ3v) is 5.63. The second-order valence-corrected chi connectivity index (χ2v) is 8.33. The molecule has 1 N–H and O–H groups in total. The van der Waals surface area contributed by atoms with E-state index in [1.54, 1.807) is 36.0 Å². The smallest absolute Gasteiger partial charge is 0.322 e. The minimum Gasteiger partial charge on any atom is -0.403 e. The number of anilines is 1. The van der Waals surface area contributed by atoms with Crippen molar-refractivity contribution in [2.24, 2.45) is 0 Å². The van der Waals surface area contributed by atoms with Crippen molar-refractivity contribution < 1.29 is 17.6 Å². The molecule has 3 aromatic rings. The number of benzene rings is 1. The molecule has 27 heavy (non-hydrogen) atoms. The van der Waals surface area contributed by atoms with Crippen LogP contribution in [0.25, 0.3) is 11.5 Å². The summed E-state index contributed by atoms with van der Waals surface area (Å²) < 4.78 is 30.8. The number of amides is 1. The summed E-state index contributed by atoms with van der Waals surface area (Å²) in [5.41, 5.74) is 0.921. The van der Waals surface area contributed by atoms with Crippen LogP contribution in [0.15, 0.2) is 45.8 Å². The molecule has 3 rings (SSSR count). The molecule has 0 spiro atoms. The summed E-state index contributed by atoms with van der Waals surface area (Å²) in [5.74, 6) is -0.223. The van der Waals surface area contributed by atoms with Crippen LogP contribution in [0.3, 0.4) is 0 Å². The van der Waals surface area contributed by atoms with E-state index in [0.29, 0.717) is 11.3 Å². The fourth-order valence-electron chi connectivity index (χ4n) is 2.43. The Kier molecular flexibility index (Phi) is 5.08. The first kappa shape index (κ1) is 18.8. The fourth-order valence-corrected chi connectivity index (χ4v) is 3.31. The van der Waals surface area contributed by atoms with Crippen molar-refractivity contribution in [3.8, 4) is 11.5 Å². The Morgan fingerprint density at radius 2 is 1.89 bits per heavy atom. The molecule has 0 fully saturated rings. The zero-order valence-electron chi connectivity index (χ0n) is 15.1. The highest BCUT2D eigenvalue weighted by molar-refractivity contribution is 7.91. The molecule has 142 valence electrons. The highest BCUT2D eigenvalue weighted by atomic mass is 32.2. The molecule has 0 aliphatic rings. The van der Waals surface area contributed by atoms with Crippen molar-refractivity contribution in [2.45, 2.75) is 31.7 Å². The van der Waals surface area contributed by atoms with Crippen LogP contribution in [0.1, 0.15) is 37.3 Å². The predicted octanol–water partition coefficient (Wildman–Crippen LogP) is 2.56. The zero-order chi connectivity index (χ0) is 19.6. The number of nitrogens with zero attached hydrogens (tertiary/aromatic N) is 4. The molecule has 2 aromatic heterocycles. The van der Waals surface area contributed by atoms with Crippen LogP contribution in [-0.2, 0) is 9.84 Å². The molecular weight excluding hydrogens is 370 g/mol. The van der Waals surface area contributed by atoms with Gasteiger partial charge in [-0.25, -0.2) is 8.42 Å². The number of carbonyl (C=O) groups is 1. The molecule has 2 heterocycles. The van der Waals surface area contributed by atoms with E-state index in [1.165, 1.54) is 12.1 Å². The van der Waals surface area contributed by atoms with Gasteiger partial charge in [0.1, 0.15) is 5.69 Å². The summed E-state index contributed by atoms with van der Waals surface area (Å²) >= 11 is 0. The molecule has 0 radical (unpaired) electrons. The first-order valence-electron chi connectivity index (χ1n) is 8.33. The average molecular weight is 389 g/mol. The number of rotatable bonds is 6. The molecular formula is C17H19N5O4S. The molecule has 0 aliphatic heterocycles. The molecule has 0 bridgehead atoms. The number of carbonyl (C=O) groups excluding carboxylic acids is 1. The summed E-state index contributed by atoms with van der Waals surface area (Å²) in [7, 11) is -3.28. The summed E-state index contributed by atoms with van der Waals surface area (Å²) in [4.78, 5) is 12.6. The highest BCUT2D eigenvalue weighted by Gasteiger charge is 2.18. The van der Waals surface area contributed by atoms with Crippen LogP contribution in [0, 0.1) is 0 Å². The van der Waals surface area contributed by atoms with Crippen LogP contribution in [0.4, 0.5) is 6.01 Å². The van der Waals surface area contributed by atoms with Gasteiger partial charge in [0, 0.05) is 17.8 Å². The van der Waals surface area contributed by atoms with Gasteiger partial charge in [-0.05, 0) is 44.2 Å². The van der Waals surface area contributed by atoms with Gasteiger partial charge in [-0.3, -0.25) is 14.8 Å². The molecule has 10 heteroatoms. The molecule has 0 atom stereocenters. The van der Waals surface area contributed by atoms with Crippen molar-refractivity contribution in [3.05, 3.63) is 42.2 Å². The van der Waals surface area contributed by atoms with Gasteiger partial charge < -0.3 is 4.42 Å². The van der Waals surface area contributed by atoms with Gasteiger partial charge in [-0.2, -0.15) is 5.10 Å². The van der Waals surface area contributed by atoms with Crippen molar-refractivity contribution in [3.63, 3.8) is 0 Å². The van der Waals surface area contributed by atoms with Crippen LogP contribution >= 0.6 is 0 Å². The lowest BCUT2D eigenvalue weighted by molar-refractivity contribution is 0.101. The van der Waals surface area contributed by atoms with Gasteiger partial charge >= 0.3 is 6.01 Å². The van der Waals surface area contributed by atoms with E-state index in [-0.39, 0.29) is 28.6 Å². The zero-order valence-corrected chi connectivity index (χ0v) is 15.9. The van der Waals surface area contributed by atoms with Crippen molar-refractivity contribution in [2.75, 3.05) is 11.1 Å². The first-order chi connectivity index (χ1) is 12.8. The standard InChI is InChI=1S/C17H19N5O4S/c1-4-27(24,25)13-7-5-12(6-8-13)16-20-21-17(26-16)19-15(23)14-9-10-18-22(14)11(2)3/h5-11H,4H2,1-3H3,(H,19,21,23).